The molecule has 0 aromatic heterocycles. The molecule has 0 amide bonds. The van der Waals surface area contributed by atoms with E-state index in [4.69, 9.17) is 5.11 Å². The van der Waals surface area contributed by atoms with E-state index in [0.717, 1.165) is 0 Å². The number of benzene rings is 1. The third-order valence-electron chi connectivity index (χ3n) is 2.50. The maximum atomic E-state index is 12.2. The maximum absolute atomic E-state index is 12.2. The topological polar surface area (TPSA) is 80.7 Å². The number of hydrogen-bond acceptors (Lipinski definition) is 4. The number of carbonyl (C=O) groups is 1. The molecule has 8 heteroatoms. The van der Waals surface area contributed by atoms with Crippen molar-refractivity contribution in [3.8, 4) is 0 Å². The first-order valence-electron chi connectivity index (χ1n) is 5.14. The molecule has 0 aliphatic carbocycles. The van der Waals surface area contributed by atoms with Gasteiger partial charge in [-0.3, -0.25) is 4.74 Å². The minimum absolute atomic E-state index is 0.285. The largest absolute Gasteiger partial charge is 0.478 e. The van der Waals surface area contributed by atoms with Gasteiger partial charge in [-0.2, -0.15) is 8.78 Å². The lowest BCUT2D eigenvalue weighted by atomic mass is 10.2. The number of sulfone groups is 1. The number of hydrogen-bond donors (Lipinski definition) is 1. The molecule has 0 saturated heterocycles. The fourth-order valence-corrected chi connectivity index (χ4v) is 2.75. The lowest BCUT2D eigenvalue weighted by Gasteiger charge is -2.24. The van der Waals surface area contributed by atoms with Crippen molar-refractivity contribution in [3.63, 3.8) is 0 Å². The van der Waals surface area contributed by atoms with Gasteiger partial charge in [-0.25, -0.2) is 13.2 Å². The molecule has 0 fully saturated rings. The van der Waals surface area contributed by atoms with Crippen LogP contribution in [0.3, 0.4) is 0 Å². The molecule has 0 saturated carbocycles. The van der Waals surface area contributed by atoms with E-state index in [1.807, 2.05) is 0 Å². The summed E-state index contributed by atoms with van der Waals surface area (Å²) in [6, 6.07) is 7.64. The van der Waals surface area contributed by atoms with Crippen molar-refractivity contribution in [2.45, 2.75) is 24.2 Å². The van der Waals surface area contributed by atoms with Crippen molar-refractivity contribution in [1.82, 2.24) is 0 Å². The molecule has 0 radical (unpaired) electrons. The average Bonchev–Trinajstić information content (AvgIpc) is 2.28. The van der Waals surface area contributed by atoms with Crippen LogP contribution in [0.25, 0.3) is 0 Å². The molecule has 0 aliphatic heterocycles. The number of carboxylic acids is 1. The van der Waals surface area contributed by atoms with Gasteiger partial charge in [-0.1, -0.05) is 30.3 Å². The van der Waals surface area contributed by atoms with Gasteiger partial charge in [0.05, 0.1) is 5.75 Å². The van der Waals surface area contributed by atoms with Crippen LogP contribution in [-0.4, -0.2) is 31.0 Å². The van der Waals surface area contributed by atoms with E-state index < -0.39 is 33.1 Å². The molecule has 1 N–H and O–H groups in total. The monoisotopic (exact) mass is 294 g/mol. The van der Waals surface area contributed by atoms with Crippen LogP contribution in [0.5, 0.6) is 0 Å². The summed E-state index contributed by atoms with van der Waals surface area (Å²) in [5, 5.41) is 8.86. The molecule has 19 heavy (non-hydrogen) atoms. The SMILES string of the molecule is CC(OC(F)F)(C(=O)O)S(=O)(=O)Cc1ccccc1. The molecule has 1 aromatic carbocycles. The summed E-state index contributed by atoms with van der Waals surface area (Å²) in [5.74, 6) is -2.69. The van der Waals surface area contributed by atoms with Crippen LogP contribution in [0.15, 0.2) is 30.3 Å². The van der Waals surface area contributed by atoms with Crippen LogP contribution in [0, 0.1) is 0 Å². The van der Waals surface area contributed by atoms with Gasteiger partial charge in [0.25, 0.3) is 4.93 Å². The lowest BCUT2D eigenvalue weighted by molar-refractivity contribution is -0.194. The predicted molar refractivity (Wildman–Crippen MR) is 62.2 cm³/mol. The van der Waals surface area contributed by atoms with Crippen molar-refractivity contribution >= 4 is 15.8 Å². The second-order valence-electron chi connectivity index (χ2n) is 3.87. The van der Waals surface area contributed by atoms with Crippen LogP contribution in [-0.2, 0) is 25.1 Å². The van der Waals surface area contributed by atoms with Gasteiger partial charge in [-0.05, 0) is 12.5 Å². The van der Waals surface area contributed by atoms with Crippen LogP contribution in [0.2, 0.25) is 0 Å². The fraction of sp³-hybridized carbons (Fsp3) is 0.364. The first kappa shape index (κ1) is 15.5. The summed E-state index contributed by atoms with van der Waals surface area (Å²) in [5.41, 5.74) is 0.285. The van der Waals surface area contributed by atoms with Gasteiger partial charge in [-0.15, -0.1) is 0 Å². The molecule has 1 atom stereocenters. The Labute approximate surface area is 108 Å². The molecular formula is C11H12F2O5S. The molecule has 5 nitrogen and oxygen atoms in total. The molecule has 1 aromatic rings. The second kappa shape index (κ2) is 5.62. The summed E-state index contributed by atoms with van der Waals surface area (Å²) >= 11 is 0. The normalized spacial score (nSPS) is 15.2. The van der Waals surface area contributed by atoms with Crippen molar-refractivity contribution in [2.75, 3.05) is 0 Å². The molecule has 106 valence electrons. The van der Waals surface area contributed by atoms with Gasteiger partial charge in [0, 0.05) is 0 Å². The Morgan fingerprint density at radius 2 is 1.89 bits per heavy atom. The molecule has 0 spiro atoms. The number of aliphatic carboxylic acids is 1. The van der Waals surface area contributed by atoms with Crippen LogP contribution >= 0.6 is 0 Å². The number of ether oxygens (including phenoxy) is 1. The first-order valence-corrected chi connectivity index (χ1v) is 6.80. The predicted octanol–water partition coefficient (Wildman–Crippen LogP) is 1.64. The molecular weight excluding hydrogens is 282 g/mol. The zero-order chi connectivity index (χ0) is 14.7. The third-order valence-corrected chi connectivity index (χ3v) is 4.67. The number of carboxylic acid groups (broad SMARTS) is 1. The van der Waals surface area contributed by atoms with E-state index in [-0.39, 0.29) is 5.56 Å². The van der Waals surface area contributed by atoms with E-state index >= 15 is 0 Å². The van der Waals surface area contributed by atoms with E-state index in [1.54, 1.807) is 18.2 Å². The smallest absolute Gasteiger partial charge is 0.351 e. The minimum Gasteiger partial charge on any atom is -0.478 e. The average molecular weight is 294 g/mol. The van der Waals surface area contributed by atoms with Gasteiger partial charge >= 0.3 is 12.6 Å². The molecule has 1 rings (SSSR count). The molecule has 0 aliphatic rings. The Hall–Kier alpha value is -1.54. The third kappa shape index (κ3) is 3.48. The highest BCUT2D eigenvalue weighted by atomic mass is 32.2. The van der Waals surface area contributed by atoms with Crippen molar-refractivity contribution in [1.29, 1.82) is 0 Å². The Bertz CT molecular complexity index is 543. The van der Waals surface area contributed by atoms with E-state index in [9.17, 15) is 22.0 Å². The van der Waals surface area contributed by atoms with Gasteiger partial charge in [0.1, 0.15) is 0 Å². The summed E-state index contributed by atoms with van der Waals surface area (Å²) in [6.45, 7) is -2.91. The molecule has 0 heterocycles. The first-order chi connectivity index (χ1) is 8.69. The molecule has 1 unspecified atom stereocenters. The molecule has 0 bridgehead atoms. The number of alkyl halides is 2. The van der Waals surface area contributed by atoms with Crippen LogP contribution < -0.4 is 0 Å². The van der Waals surface area contributed by atoms with Crippen molar-refractivity contribution in [3.05, 3.63) is 35.9 Å². The Balaban J connectivity index is 3.11. The fourth-order valence-electron chi connectivity index (χ4n) is 1.36. The quantitative estimate of drug-likeness (QED) is 0.862. The number of halogens is 2. The van der Waals surface area contributed by atoms with Gasteiger partial charge in [0.2, 0.25) is 0 Å². The highest BCUT2D eigenvalue weighted by Gasteiger charge is 2.50. The zero-order valence-corrected chi connectivity index (χ0v) is 10.7. The second-order valence-corrected chi connectivity index (χ2v) is 6.17. The maximum Gasteiger partial charge on any atom is 0.351 e. The number of rotatable bonds is 6. The van der Waals surface area contributed by atoms with Crippen molar-refractivity contribution < 1.29 is 31.8 Å². The van der Waals surface area contributed by atoms with Crippen LogP contribution in [0.1, 0.15) is 12.5 Å². The van der Waals surface area contributed by atoms with E-state index in [0.29, 0.717) is 6.92 Å². The summed E-state index contributed by atoms with van der Waals surface area (Å²) in [4.78, 5) is 7.97. The highest BCUT2D eigenvalue weighted by molar-refractivity contribution is 7.92. The van der Waals surface area contributed by atoms with E-state index in [2.05, 4.69) is 4.74 Å². The summed E-state index contributed by atoms with van der Waals surface area (Å²) < 4.78 is 52.2. The Kier molecular flexibility index (Phi) is 4.59. The van der Waals surface area contributed by atoms with Crippen LogP contribution in [0.4, 0.5) is 8.78 Å². The van der Waals surface area contributed by atoms with Gasteiger partial charge in [0.15, 0.2) is 9.84 Å². The standard InChI is InChI=1S/C11H12F2O5S/c1-11(9(14)15,18-10(12)13)19(16,17)7-8-5-3-2-4-6-8/h2-6,10H,7H2,1H3,(H,14,15). The summed E-state index contributed by atoms with van der Waals surface area (Å²) in [7, 11) is -4.47. The van der Waals surface area contributed by atoms with Gasteiger partial charge < -0.3 is 5.11 Å². The zero-order valence-electron chi connectivity index (χ0n) is 9.92. The Morgan fingerprint density at radius 3 is 2.32 bits per heavy atom. The summed E-state index contributed by atoms with van der Waals surface area (Å²) in [6.07, 6.45) is 0. The highest BCUT2D eigenvalue weighted by Crippen LogP contribution is 2.26. The lowest BCUT2D eigenvalue weighted by Crippen LogP contribution is -2.47. The van der Waals surface area contributed by atoms with E-state index in [1.165, 1.54) is 12.1 Å². The minimum atomic E-state index is -4.47. The van der Waals surface area contributed by atoms with Crippen molar-refractivity contribution in [2.24, 2.45) is 0 Å². The Morgan fingerprint density at radius 1 is 1.37 bits per heavy atom.